The molecular formula is C67H71BN2S. The number of hydrogen-bond donors (Lipinski definition) is 0. The van der Waals surface area contributed by atoms with Crippen LogP contribution < -0.4 is 20.0 Å². The minimum absolute atomic E-state index is 0.0477. The third-order valence-electron chi connectivity index (χ3n) is 17.4. The van der Waals surface area contributed by atoms with Crippen LogP contribution in [-0.4, -0.2) is 6.85 Å². The molecule has 0 radical (unpaired) electrons. The van der Waals surface area contributed by atoms with E-state index >= 15 is 0 Å². The second kappa shape index (κ2) is 17.4. The molecule has 0 fully saturated rings. The lowest BCUT2D eigenvalue weighted by atomic mass is 9.46. The first kappa shape index (κ1) is 46.2. The number of aryl methyl sites for hydroxylation is 3. The largest absolute Gasteiger partial charge is 0.375 e. The van der Waals surface area contributed by atoms with E-state index in [1.54, 1.807) is 5.56 Å². The molecular weight excluding hydrogens is 876 g/mol. The van der Waals surface area contributed by atoms with Gasteiger partial charge in [0.2, 0.25) is 0 Å². The molecule has 2 aliphatic heterocycles. The van der Waals surface area contributed by atoms with Crippen molar-refractivity contribution >= 4 is 66.9 Å². The Labute approximate surface area is 429 Å². The molecule has 358 valence electrons. The molecule has 8 aromatic rings. The number of unbranched alkanes of at least 4 members (excludes halogenated alkanes) is 3. The van der Waals surface area contributed by atoms with Crippen LogP contribution >= 0.6 is 11.3 Å². The van der Waals surface area contributed by atoms with Gasteiger partial charge >= 0.3 is 6.85 Å². The smallest absolute Gasteiger partial charge is 0.343 e. The molecule has 2 aliphatic carbocycles. The number of hydrogen-bond acceptors (Lipinski definition) is 3. The monoisotopic (exact) mass is 947 g/mol. The quantitative estimate of drug-likeness (QED) is 0.113. The number of rotatable bonds is 12. The number of benzene rings is 7. The molecule has 0 saturated heterocycles. The minimum Gasteiger partial charge on any atom is -0.375 e. The van der Waals surface area contributed by atoms with E-state index in [4.69, 9.17) is 0 Å². The van der Waals surface area contributed by atoms with Gasteiger partial charge in [-0.05, 0) is 166 Å². The predicted molar refractivity (Wildman–Crippen MR) is 310 cm³/mol. The average molecular weight is 947 g/mol. The number of thiophene rings is 1. The van der Waals surface area contributed by atoms with Crippen molar-refractivity contribution in [3.63, 3.8) is 0 Å². The molecule has 0 spiro atoms. The highest BCUT2D eigenvalue weighted by molar-refractivity contribution is 7.32. The molecule has 3 heterocycles. The van der Waals surface area contributed by atoms with E-state index in [1.807, 2.05) is 11.3 Å². The molecule has 1 aromatic heterocycles. The van der Waals surface area contributed by atoms with Gasteiger partial charge in [0.1, 0.15) is 0 Å². The summed E-state index contributed by atoms with van der Waals surface area (Å²) in [6.45, 7) is 21.9. The van der Waals surface area contributed by atoms with Crippen molar-refractivity contribution < 1.29 is 0 Å². The van der Waals surface area contributed by atoms with Gasteiger partial charge in [-0.2, -0.15) is 0 Å². The van der Waals surface area contributed by atoms with E-state index in [-0.39, 0.29) is 23.1 Å². The molecule has 0 amide bonds. The molecule has 0 N–H and O–H groups in total. The Bertz CT molecular complexity index is 3370. The summed E-state index contributed by atoms with van der Waals surface area (Å²) in [6, 6.07) is 53.3. The maximum Gasteiger partial charge on any atom is 0.343 e. The summed E-state index contributed by atoms with van der Waals surface area (Å²) >= 11 is 2.01. The highest BCUT2D eigenvalue weighted by Crippen LogP contribution is 2.61. The summed E-state index contributed by atoms with van der Waals surface area (Å²) < 4.78 is 2.75. The highest BCUT2D eigenvalue weighted by Gasteiger charge is 2.51. The van der Waals surface area contributed by atoms with Crippen molar-refractivity contribution in [3.8, 4) is 33.4 Å². The van der Waals surface area contributed by atoms with Crippen molar-refractivity contribution in [2.45, 2.75) is 149 Å². The molecule has 2 nitrogen and oxygen atoms in total. The lowest BCUT2D eigenvalue weighted by Gasteiger charge is -2.46. The van der Waals surface area contributed by atoms with E-state index in [2.05, 4.69) is 205 Å². The van der Waals surface area contributed by atoms with Crippen LogP contribution in [0.25, 0.3) is 43.5 Å². The van der Waals surface area contributed by atoms with Crippen LogP contribution in [-0.2, 0) is 35.5 Å². The zero-order valence-corrected chi connectivity index (χ0v) is 44.7. The fourth-order valence-electron chi connectivity index (χ4n) is 13.2. The predicted octanol–water partition coefficient (Wildman–Crippen LogP) is 18.0. The molecule has 7 aromatic carbocycles. The number of fused-ring (bicyclic) bond motifs is 11. The molecule has 0 unspecified atom stereocenters. The molecule has 0 saturated carbocycles. The Hall–Kier alpha value is -5.84. The van der Waals surface area contributed by atoms with Gasteiger partial charge in [0.05, 0.1) is 11.4 Å². The van der Waals surface area contributed by atoms with Gasteiger partial charge in [-0.3, -0.25) is 0 Å². The van der Waals surface area contributed by atoms with Gasteiger partial charge in [-0.1, -0.05) is 173 Å². The first-order valence-corrected chi connectivity index (χ1v) is 28.1. The Morgan fingerprint density at radius 3 is 1.86 bits per heavy atom. The van der Waals surface area contributed by atoms with Crippen LogP contribution in [0.5, 0.6) is 0 Å². The summed E-state index contributed by atoms with van der Waals surface area (Å²) in [5.74, 6) is 0. The van der Waals surface area contributed by atoms with Gasteiger partial charge in [-0.15, -0.1) is 11.3 Å². The summed E-state index contributed by atoms with van der Waals surface area (Å²) in [4.78, 5) is 5.57. The summed E-state index contributed by atoms with van der Waals surface area (Å²) in [7, 11) is 0. The fraction of sp³-hybridized carbons (Fsp3) is 0.343. The van der Waals surface area contributed by atoms with Crippen LogP contribution in [0.2, 0.25) is 0 Å². The lowest BCUT2D eigenvalue weighted by Crippen LogP contribution is -2.60. The molecule has 4 heteroatoms. The third-order valence-corrected chi connectivity index (χ3v) is 18.6. The van der Waals surface area contributed by atoms with Crippen molar-refractivity contribution in [1.82, 2.24) is 0 Å². The highest BCUT2D eigenvalue weighted by atomic mass is 32.1. The van der Waals surface area contributed by atoms with Crippen molar-refractivity contribution in [3.05, 3.63) is 172 Å². The second-order valence-electron chi connectivity index (χ2n) is 23.4. The van der Waals surface area contributed by atoms with Crippen molar-refractivity contribution in [2.24, 2.45) is 0 Å². The fourth-order valence-corrected chi connectivity index (χ4v) is 14.5. The van der Waals surface area contributed by atoms with Crippen LogP contribution in [0.15, 0.2) is 133 Å². The Kier molecular flexibility index (Phi) is 11.4. The number of anilines is 5. The summed E-state index contributed by atoms with van der Waals surface area (Å²) in [5, 5.41) is 1.33. The Morgan fingerprint density at radius 1 is 0.507 bits per heavy atom. The third kappa shape index (κ3) is 7.31. The van der Waals surface area contributed by atoms with E-state index in [1.165, 1.54) is 154 Å². The van der Waals surface area contributed by atoms with Crippen molar-refractivity contribution in [2.75, 3.05) is 9.71 Å². The second-order valence-corrected chi connectivity index (χ2v) is 24.5. The van der Waals surface area contributed by atoms with Crippen LogP contribution in [0, 0.1) is 0 Å². The zero-order chi connectivity index (χ0) is 49.0. The molecule has 0 atom stereocenters. The first-order chi connectivity index (χ1) is 34.3. The van der Waals surface area contributed by atoms with Gasteiger partial charge in [0.15, 0.2) is 0 Å². The van der Waals surface area contributed by atoms with Gasteiger partial charge in [0.25, 0.3) is 0 Å². The maximum absolute atomic E-state index is 2.84. The zero-order valence-electron chi connectivity index (χ0n) is 43.9. The molecule has 4 aliphatic rings. The van der Waals surface area contributed by atoms with E-state index in [0.717, 1.165) is 32.1 Å². The average Bonchev–Trinajstić information content (AvgIpc) is 3.87. The van der Waals surface area contributed by atoms with Crippen molar-refractivity contribution in [1.29, 1.82) is 0 Å². The topological polar surface area (TPSA) is 6.48 Å². The van der Waals surface area contributed by atoms with Gasteiger partial charge < -0.3 is 9.71 Å². The summed E-state index contributed by atoms with van der Waals surface area (Å²) in [5.41, 5.74) is 26.5. The maximum atomic E-state index is 2.84. The lowest BCUT2D eigenvalue weighted by molar-refractivity contribution is 0.331. The van der Waals surface area contributed by atoms with Crippen LogP contribution in [0.1, 0.15) is 153 Å². The Morgan fingerprint density at radius 2 is 1.14 bits per heavy atom. The van der Waals surface area contributed by atoms with Gasteiger partial charge in [-0.25, -0.2) is 0 Å². The molecule has 0 bridgehead atoms. The van der Waals surface area contributed by atoms with E-state index < -0.39 is 0 Å². The first-order valence-electron chi connectivity index (χ1n) is 27.3. The standard InChI is InChI=1S/C67H71BN2S/c1-10-13-21-43-28-31-47(32-29-43)70-62-48(33-34-53-60(62)52-41-55-56(42-54(52)67(53,8)9)66(6,7)37-36-65(55,4)5)51-39-45(23-15-12-3)40-58-61(51)68(70)64-63(49-26-19-20-27-59(49)71-64)69(58)57-35-30-44(22-14-11-2)38-50(57)46-24-17-16-18-25-46/h16-20,24-35,38-42H,10-15,21-23,36-37H2,1-9H3. The number of nitrogens with zero attached hydrogens (tertiary/aromatic N) is 2. The van der Waals surface area contributed by atoms with Crippen LogP contribution in [0.3, 0.4) is 0 Å². The minimum atomic E-state index is -0.167. The van der Waals surface area contributed by atoms with E-state index in [9.17, 15) is 0 Å². The normalized spacial score (nSPS) is 16.3. The molecule has 12 rings (SSSR count). The van der Waals surface area contributed by atoms with E-state index in [0.29, 0.717) is 0 Å². The van der Waals surface area contributed by atoms with Crippen LogP contribution in [0.4, 0.5) is 28.4 Å². The van der Waals surface area contributed by atoms with Gasteiger partial charge in [0, 0.05) is 54.0 Å². The molecule has 71 heavy (non-hydrogen) atoms. The summed E-state index contributed by atoms with van der Waals surface area (Å²) in [6.07, 6.45) is 12.7. The Balaban J connectivity index is 1.21. The SMILES string of the molecule is CCCCc1ccc(N2B3c4sc5ccccc5c4N(c4ccc(CCCC)cc4-c4ccccc4)c4cc(CCCC)cc(c43)-c3ccc4c(c32)-c2cc3c(cc2C4(C)C)C(C)(C)CCC3(C)C)cc1.